The van der Waals surface area contributed by atoms with E-state index >= 15 is 0 Å². The van der Waals surface area contributed by atoms with Crippen LogP contribution in [0.4, 0.5) is 5.82 Å². The van der Waals surface area contributed by atoms with Crippen molar-refractivity contribution < 1.29 is 8.42 Å². The van der Waals surface area contributed by atoms with Crippen LogP contribution in [0.2, 0.25) is 0 Å². The van der Waals surface area contributed by atoms with E-state index in [1.54, 1.807) is 4.68 Å². The summed E-state index contributed by atoms with van der Waals surface area (Å²) in [5.74, 6) is 1.47. The zero-order chi connectivity index (χ0) is 18.3. The fourth-order valence-corrected chi connectivity index (χ4v) is 4.01. The normalized spacial score (nSPS) is 16.3. The van der Waals surface area contributed by atoms with Gasteiger partial charge in [-0.2, -0.15) is 9.40 Å². The van der Waals surface area contributed by atoms with Gasteiger partial charge in [-0.25, -0.2) is 23.1 Å². The van der Waals surface area contributed by atoms with Gasteiger partial charge in [0.25, 0.3) is 0 Å². The molecule has 1 aliphatic heterocycles. The third-order valence-electron chi connectivity index (χ3n) is 4.61. The highest BCUT2D eigenvalue weighted by atomic mass is 32.2. The first-order valence-corrected chi connectivity index (χ1v) is 10.2. The van der Waals surface area contributed by atoms with Gasteiger partial charge in [0.15, 0.2) is 5.82 Å². The third kappa shape index (κ3) is 3.15. The second-order valence-electron chi connectivity index (χ2n) is 6.50. The number of fused-ring (bicyclic) bond motifs is 1. The number of piperazine rings is 1. The maximum absolute atomic E-state index is 11.7. The number of aryl methyl sites for hydroxylation is 1. The van der Waals surface area contributed by atoms with Gasteiger partial charge in [0.05, 0.1) is 18.0 Å². The molecule has 3 aromatic rings. The Balaban J connectivity index is 1.62. The van der Waals surface area contributed by atoms with Crippen molar-refractivity contribution in [2.45, 2.75) is 6.92 Å². The summed E-state index contributed by atoms with van der Waals surface area (Å²) in [4.78, 5) is 10.8. The molecule has 2 aromatic heterocycles. The van der Waals surface area contributed by atoms with Gasteiger partial charge in [-0.3, -0.25) is 0 Å². The number of nitrogens with zero attached hydrogens (tertiary/aromatic N) is 6. The average Bonchev–Trinajstić information content (AvgIpc) is 3.04. The number of aromatic nitrogens is 4. The number of rotatable bonds is 3. The minimum atomic E-state index is -3.14. The minimum Gasteiger partial charge on any atom is -0.354 e. The van der Waals surface area contributed by atoms with E-state index in [2.05, 4.69) is 32.1 Å². The summed E-state index contributed by atoms with van der Waals surface area (Å²) in [5, 5.41) is 5.51. The molecule has 0 spiro atoms. The lowest BCUT2D eigenvalue weighted by molar-refractivity contribution is 0.387. The molecular weight excluding hydrogens is 352 g/mol. The van der Waals surface area contributed by atoms with E-state index in [4.69, 9.17) is 0 Å². The Kier molecular flexibility index (Phi) is 4.12. The lowest BCUT2D eigenvalue weighted by Crippen LogP contribution is -2.48. The molecule has 1 aliphatic rings. The van der Waals surface area contributed by atoms with Crippen molar-refractivity contribution in [2.24, 2.45) is 0 Å². The molecule has 8 nitrogen and oxygen atoms in total. The first-order chi connectivity index (χ1) is 12.4. The van der Waals surface area contributed by atoms with Crippen LogP contribution in [0.25, 0.3) is 16.7 Å². The lowest BCUT2D eigenvalue weighted by Gasteiger charge is -2.33. The molecule has 4 rings (SSSR count). The molecule has 0 unspecified atom stereocenters. The van der Waals surface area contributed by atoms with Crippen LogP contribution in [0, 0.1) is 6.92 Å². The van der Waals surface area contributed by atoms with Crippen LogP contribution in [0.5, 0.6) is 0 Å². The number of sulfonamides is 1. The zero-order valence-electron chi connectivity index (χ0n) is 14.7. The predicted octanol–water partition coefficient (Wildman–Crippen LogP) is 1.21. The van der Waals surface area contributed by atoms with E-state index in [0.717, 1.165) is 22.3 Å². The Labute approximate surface area is 152 Å². The standard InChI is InChI=1S/C17H20N6O2S/c1-13-3-4-14-11-20-23(15(14)9-13)17-10-16(18-12-19-17)21-5-7-22(8-6-21)26(2,24)25/h3-4,9-12H,5-8H2,1-2H3. The van der Waals surface area contributed by atoms with Crippen molar-refractivity contribution in [3.63, 3.8) is 0 Å². The highest BCUT2D eigenvalue weighted by molar-refractivity contribution is 7.88. The molecule has 26 heavy (non-hydrogen) atoms. The van der Waals surface area contributed by atoms with Gasteiger partial charge in [-0.1, -0.05) is 12.1 Å². The van der Waals surface area contributed by atoms with E-state index in [0.29, 0.717) is 32.0 Å². The summed E-state index contributed by atoms with van der Waals surface area (Å²) in [6.45, 7) is 4.17. The van der Waals surface area contributed by atoms with Crippen molar-refractivity contribution in [3.05, 3.63) is 42.4 Å². The molecule has 1 saturated heterocycles. The second kappa shape index (κ2) is 6.33. The predicted molar refractivity (Wildman–Crippen MR) is 100 cm³/mol. The van der Waals surface area contributed by atoms with Crippen molar-refractivity contribution >= 4 is 26.7 Å². The summed E-state index contributed by atoms with van der Waals surface area (Å²) in [6, 6.07) is 8.07. The topological polar surface area (TPSA) is 84.2 Å². The van der Waals surface area contributed by atoms with Crippen LogP contribution in [0.3, 0.4) is 0 Å². The second-order valence-corrected chi connectivity index (χ2v) is 8.48. The highest BCUT2D eigenvalue weighted by Gasteiger charge is 2.24. The lowest BCUT2D eigenvalue weighted by atomic mass is 10.2. The fraction of sp³-hybridized carbons (Fsp3) is 0.353. The van der Waals surface area contributed by atoms with Crippen LogP contribution in [0.15, 0.2) is 36.8 Å². The zero-order valence-corrected chi connectivity index (χ0v) is 15.5. The van der Waals surface area contributed by atoms with Crippen LogP contribution >= 0.6 is 0 Å². The van der Waals surface area contributed by atoms with Gasteiger partial charge in [-0.15, -0.1) is 0 Å². The Morgan fingerprint density at radius 3 is 2.46 bits per heavy atom. The highest BCUT2D eigenvalue weighted by Crippen LogP contribution is 2.21. The fourth-order valence-electron chi connectivity index (χ4n) is 3.19. The van der Waals surface area contributed by atoms with Crippen molar-refractivity contribution in [1.82, 2.24) is 24.1 Å². The van der Waals surface area contributed by atoms with Gasteiger partial charge in [0, 0.05) is 37.6 Å². The van der Waals surface area contributed by atoms with E-state index in [1.807, 2.05) is 25.3 Å². The molecule has 0 N–H and O–H groups in total. The SMILES string of the molecule is Cc1ccc2cnn(-c3cc(N4CCN(S(C)(=O)=O)CC4)ncn3)c2c1. The van der Waals surface area contributed by atoms with Gasteiger partial charge < -0.3 is 4.90 Å². The van der Waals surface area contributed by atoms with Crippen LogP contribution in [-0.2, 0) is 10.0 Å². The van der Waals surface area contributed by atoms with Gasteiger partial charge in [-0.05, 0) is 18.6 Å². The third-order valence-corrected chi connectivity index (χ3v) is 5.92. The summed E-state index contributed by atoms with van der Waals surface area (Å²) in [5.41, 5.74) is 2.15. The number of benzene rings is 1. The Morgan fingerprint density at radius 2 is 1.73 bits per heavy atom. The van der Waals surface area contributed by atoms with E-state index in [-0.39, 0.29) is 0 Å². The maximum Gasteiger partial charge on any atom is 0.211 e. The molecule has 0 bridgehead atoms. The molecular formula is C17H20N6O2S. The molecule has 3 heterocycles. The number of hydrogen-bond acceptors (Lipinski definition) is 6. The maximum atomic E-state index is 11.7. The van der Waals surface area contributed by atoms with E-state index in [1.165, 1.54) is 16.9 Å². The number of hydrogen-bond donors (Lipinski definition) is 0. The van der Waals surface area contributed by atoms with E-state index in [9.17, 15) is 8.42 Å². The van der Waals surface area contributed by atoms with Crippen molar-refractivity contribution in [1.29, 1.82) is 0 Å². The smallest absolute Gasteiger partial charge is 0.211 e. The minimum absolute atomic E-state index is 0.460. The van der Waals surface area contributed by atoms with Crippen molar-refractivity contribution in [2.75, 3.05) is 37.3 Å². The van der Waals surface area contributed by atoms with Crippen LogP contribution in [-0.4, -0.2) is 64.9 Å². The average molecular weight is 372 g/mol. The molecule has 9 heteroatoms. The Bertz CT molecular complexity index is 1050. The summed E-state index contributed by atoms with van der Waals surface area (Å²) >= 11 is 0. The molecule has 136 valence electrons. The molecule has 0 aliphatic carbocycles. The molecule has 1 fully saturated rings. The molecule has 0 radical (unpaired) electrons. The first kappa shape index (κ1) is 16.9. The summed E-state index contributed by atoms with van der Waals surface area (Å²) in [7, 11) is -3.14. The van der Waals surface area contributed by atoms with E-state index < -0.39 is 10.0 Å². The molecule has 0 saturated carbocycles. The molecule has 1 aromatic carbocycles. The Morgan fingerprint density at radius 1 is 1.00 bits per heavy atom. The quantitative estimate of drug-likeness (QED) is 0.687. The van der Waals surface area contributed by atoms with Crippen LogP contribution in [0.1, 0.15) is 5.56 Å². The Hall–Kier alpha value is -2.52. The van der Waals surface area contributed by atoms with Gasteiger partial charge in [0.2, 0.25) is 10.0 Å². The van der Waals surface area contributed by atoms with Gasteiger partial charge >= 0.3 is 0 Å². The summed E-state index contributed by atoms with van der Waals surface area (Å²) in [6.07, 6.45) is 4.59. The van der Waals surface area contributed by atoms with Gasteiger partial charge in [0.1, 0.15) is 12.1 Å². The summed E-state index contributed by atoms with van der Waals surface area (Å²) < 4.78 is 26.6. The molecule has 0 amide bonds. The number of anilines is 1. The largest absolute Gasteiger partial charge is 0.354 e. The van der Waals surface area contributed by atoms with Crippen molar-refractivity contribution in [3.8, 4) is 5.82 Å². The first-order valence-electron chi connectivity index (χ1n) is 8.39. The molecule has 0 atom stereocenters. The monoisotopic (exact) mass is 372 g/mol. The van der Waals surface area contributed by atoms with Crippen LogP contribution < -0.4 is 4.90 Å².